The van der Waals surface area contributed by atoms with Crippen LogP contribution in [0.15, 0.2) is 48.5 Å². The number of aryl methyl sites for hydroxylation is 1. The molecule has 0 saturated heterocycles. The van der Waals surface area contributed by atoms with E-state index < -0.39 is 12.1 Å². The Labute approximate surface area is 148 Å². The maximum atomic E-state index is 12.2. The minimum absolute atomic E-state index is 0.367. The average Bonchev–Trinajstić information content (AvgIpc) is 2.63. The summed E-state index contributed by atoms with van der Waals surface area (Å²) >= 11 is 0. The monoisotopic (exact) mass is 341 g/mol. The van der Waals surface area contributed by atoms with Crippen molar-refractivity contribution >= 4 is 17.6 Å². The normalized spacial score (nSPS) is 11.6. The first-order valence-electron chi connectivity index (χ1n) is 8.22. The fourth-order valence-electron chi connectivity index (χ4n) is 2.25. The number of carbonyl (C=O) groups excluding carboxylic acids is 2. The van der Waals surface area contributed by atoms with Crippen LogP contribution in [0.4, 0.5) is 5.69 Å². The highest BCUT2D eigenvalue weighted by Gasteiger charge is 2.19. The van der Waals surface area contributed by atoms with Crippen LogP contribution in [-0.2, 0) is 27.3 Å². The molecular weight excluding hydrogens is 318 g/mol. The Morgan fingerprint density at radius 1 is 1.00 bits per heavy atom. The summed E-state index contributed by atoms with van der Waals surface area (Å²) < 4.78 is 10.3. The van der Waals surface area contributed by atoms with Gasteiger partial charge in [-0.1, -0.05) is 31.2 Å². The highest BCUT2D eigenvalue weighted by molar-refractivity contribution is 5.97. The fraction of sp³-hybridized carbons (Fsp3) is 0.300. The van der Waals surface area contributed by atoms with Gasteiger partial charge in [0.15, 0.2) is 6.10 Å². The van der Waals surface area contributed by atoms with E-state index in [1.54, 1.807) is 38.3 Å². The van der Waals surface area contributed by atoms with E-state index in [0.29, 0.717) is 17.9 Å². The van der Waals surface area contributed by atoms with Gasteiger partial charge in [0.05, 0.1) is 12.2 Å². The van der Waals surface area contributed by atoms with Gasteiger partial charge in [0.1, 0.15) is 0 Å². The molecule has 0 spiro atoms. The summed E-state index contributed by atoms with van der Waals surface area (Å²) in [4.78, 5) is 24.3. The molecule has 0 heterocycles. The van der Waals surface area contributed by atoms with Crippen LogP contribution in [0.3, 0.4) is 0 Å². The summed E-state index contributed by atoms with van der Waals surface area (Å²) in [6.45, 7) is 4.09. The lowest BCUT2D eigenvalue weighted by Crippen LogP contribution is -2.30. The first-order valence-corrected chi connectivity index (χ1v) is 8.22. The number of anilines is 1. The molecule has 0 aliphatic heterocycles. The van der Waals surface area contributed by atoms with E-state index in [4.69, 9.17) is 9.47 Å². The summed E-state index contributed by atoms with van der Waals surface area (Å²) in [6.07, 6.45) is 0.0443. The molecule has 1 amide bonds. The second-order valence-corrected chi connectivity index (χ2v) is 5.72. The number of hydrogen-bond acceptors (Lipinski definition) is 4. The summed E-state index contributed by atoms with van der Waals surface area (Å²) in [6, 6.07) is 14.5. The van der Waals surface area contributed by atoms with Gasteiger partial charge in [-0.25, -0.2) is 4.79 Å². The van der Waals surface area contributed by atoms with Crippen LogP contribution < -0.4 is 5.32 Å². The summed E-state index contributed by atoms with van der Waals surface area (Å²) in [5.74, 6) is -0.901. The fourth-order valence-corrected chi connectivity index (χ4v) is 2.25. The number of methoxy groups -OCH3 is 1. The van der Waals surface area contributed by atoms with Crippen LogP contribution in [0.5, 0.6) is 0 Å². The van der Waals surface area contributed by atoms with Crippen LogP contribution in [-0.4, -0.2) is 25.1 Å². The van der Waals surface area contributed by atoms with E-state index in [0.717, 1.165) is 12.0 Å². The number of rotatable bonds is 7. The van der Waals surface area contributed by atoms with Crippen LogP contribution in [0.1, 0.15) is 35.3 Å². The Balaban J connectivity index is 1.91. The van der Waals surface area contributed by atoms with Gasteiger partial charge in [-0.3, -0.25) is 4.79 Å². The second-order valence-electron chi connectivity index (χ2n) is 5.72. The van der Waals surface area contributed by atoms with Gasteiger partial charge in [-0.2, -0.15) is 0 Å². The Bertz CT molecular complexity index is 707. The quantitative estimate of drug-likeness (QED) is 0.782. The smallest absolute Gasteiger partial charge is 0.338 e. The third-order valence-corrected chi connectivity index (χ3v) is 3.78. The van der Waals surface area contributed by atoms with Crippen LogP contribution in [0, 0.1) is 0 Å². The number of esters is 1. The first-order chi connectivity index (χ1) is 12.0. The maximum absolute atomic E-state index is 12.2. The number of carbonyl (C=O) groups is 2. The molecule has 2 aromatic carbocycles. The van der Waals surface area contributed by atoms with Crippen molar-refractivity contribution in [3.63, 3.8) is 0 Å². The number of amides is 1. The third kappa shape index (κ3) is 5.43. The molecule has 25 heavy (non-hydrogen) atoms. The molecule has 0 bridgehead atoms. The van der Waals surface area contributed by atoms with E-state index in [9.17, 15) is 9.59 Å². The molecule has 2 aromatic rings. The van der Waals surface area contributed by atoms with Crippen LogP contribution in [0.25, 0.3) is 0 Å². The standard InChI is InChI=1S/C20H23NO4/c1-4-15-7-11-18(12-8-15)21-19(22)14(2)25-20(23)17-9-5-16(6-10-17)13-24-3/h5-12,14H,4,13H2,1-3H3,(H,21,22). The number of ether oxygens (including phenoxy) is 2. The van der Waals surface area contributed by atoms with E-state index >= 15 is 0 Å². The minimum atomic E-state index is -0.892. The van der Waals surface area contributed by atoms with E-state index in [2.05, 4.69) is 12.2 Å². The van der Waals surface area contributed by atoms with E-state index in [1.807, 2.05) is 24.3 Å². The Morgan fingerprint density at radius 2 is 1.60 bits per heavy atom. The molecular formula is C20H23NO4. The Morgan fingerprint density at radius 3 is 2.16 bits per heavy atom. The minimum Gasteiger partial charge on any atom is -0.449 e. The highest BCUT2D eigenvalue weighted by atomic mass is 16.5. The zero-order valence-electron chi connectivity index (χ0n) is 14.7. The van der Waals surface area contributed by atoms with Gasteiger partial charge in [-0.05, 0) is 48.7 Å². The lowest BCUT2D eigenvalue weighted by atomic mass is 10.1. The second kappa shape index (κ2) is 8.99. The number of benzene rings is 2. The van der Waals surface area contributed by atoms with Gasteiger partial charge in [0, 0.05) is 12.8 Å². The van der Waals surface area contributed by atoms with Crippen LogP contribution in [0.2, 0.25) is 0 Å². The highest BCUT2D eigenvalue weighted by Crippen LogP contribution is 2.12. The van der Waals surface area contributed by atoms with Gasteiger partial charge in [-0.15, -0.1) is 0 Å². The lowest BCUT2D eigenvalue weighted by Gasteiger charge is -2.14. The molecule has 2 rings (SSSR count). The number of hydrogen-bond donors (Lipinski definition) is 1. The summed E-state index contributed by atoms with van der Waals surface area (Å²) in [7, 11) is 1.61. The molecule has 5 heteroatoms. The van der Waals surface area contributed by atoms with Crippen molar-refractivity contribution in [2.24, 2.45) is 0 Å². The molecule has 0 aliphatic rings. The van der Waals surface area contributed by atoms with Crippen molar-refractivity contribution < 1.29 is 19.1 Å². The lowest BCUT2D eigenvalue weighted by molar-refractivity contribution is -0.123. The molecule has 0 radical (unpaired) electrons. The van der Waals surface area contributed by atoms with Crippen LogP contribution >= 0.6 is 0 Å². The SMILES string of the molecule is CCc1ccc(NC(=O)C(C)OC(=O)c2ccc(COC)cc2)cc1. The molecule has 1 unspecified atom stereocenters. The topological polar surface area (TPSA) is 64.6 Å². The third-order valence-electron chi connectivity index (χ3n) is 3.78. The molecule has 0 saturated carbocycles. The predicted molar refractivity (Wildman–Crippen MR) is 96.5 cm³/mol. The summed E-state index contributed by atoms with van der Waals surface area (Å²) in [5.41, 5.74) is 3.22. The van der Waals surface area contributed by atoms with Crippen molar-refractivity contribution in [2.75, 3.05) is 12.4 Å². The first kappa shape index (κ1) is 18.7. The molecule has 0 aliphatic carbocycles. The molecule has 0 fully saturated rings. The van der Waals surface area contributed by atoms with Crippen molar-refractivity contribution in [2.45, 2.75) is 33.0 Å². The maximum Gasteiger partial charge on any atom is 0.338 e. The van der Waals surface area contributed by atoms with Crippen molar-refractivity contribution in [3.8, 4) is 0 Å². The zero-order chi connectivity index (χ0) is 18.2. The van der Waals surface area contributed by atoms with Crippen molar-refractivity contribution in [3.05, 3.63) is 65.2 Å². The average molecular weight is 341 g/mol. The van der Waals surface area contributed by atoms with Crippen molar-refractivity contribution in [1.29, 1.82) is 0 Å². The van der Waals surface area contributed by atoms with Gasteiger partial charge in [0.25, 0.3) is 5.91 Å². The largest absolute Gasteiger partial charge is 0.449 e. The molecule has 1 atom stereocenters. The molecule has 1 N–H and O–H groups in total. The Kier molecular flexibility index (Phi) is 6.71. The summed E-state index contributed by atoms with van der Waals surface area (Å²) in [5, 5.41) is 2.74. The van der Waals surface area contributed by atoms with E-state index in [1.165, 1.54) is 5.56 Å². The molecule has 0 aromatic heterocycles. The number of nitrogens with one attached hydrogen (secondary N) is 1. The zero-order valence-corrected chi connectivity index (χ0v) is 14.7. The molecule has 132 valence electrons. The van der Waals surface area contributed by atoms with E-state index in [-0.39, 0.29) is 5.91 Å². The van der Waals surface area contributed by atoms with Gasteiger partial charge < -0.3 is 14.8 Å². The van der Waals surface area contributed by atoms with Crippen molar-refractivity contribution in [1.82, 2.24) is 0 Å². The van der Waals surface area contributed by atoms with Gasteiger partial charge >= 0.3 is 5.97 Å². The van der Waals surface area contributed by atoms with Gasteiger partial charge in [0.2, 0.25) is 0 Å². The predicted octanol–water partition coefficient (Wildman–Crippen LogP) is 3.58. The molecule has 5 nitrogen and oxygen atoms in total. The Hall–Kier alpha value is -2.66.